The van der Waals surface area contributed by atoms with Crippen molar-refractivity contribution in [3.05, 3.63) is 76.9 Å². The van der Waals surface area contributed by atoms with Crippen molar-refractivity contribution in [2.24, 2.45) is 0 Å². The Kier molecular flexibility index (Phi) is 5.32. The van der Waals surface area contributed by atoms with Gasteiger partial charge in [0.1, 0.15) is 6.10 Å². The van der Waals surface area contributed by atoms with Gasteiger partial charge in [0, 0.05) is 6.42 Å². The minimum absolute atomic E-state index is 0.182. The highest BCUT2D eigenvalue weighted by atomic mass is 16.6. The van der Waals surface area contributed by atoms with Gasteiger partial charge in [-0.2, -0.15) is 5.10 Å². The zero-order chi connectivity index (χ0) is 18.6. The summed E-state index contributed by atoms with van der Waals surface area (Å²) in [4.78, 5) is 4.82. The molecule has 27 heavy (non-hydrogen) atoms. The Balaban J connectivity index is 1.64. The van der Waals surface area contributed by atoms with Crippen molar-refractivity contribution in [2.75, 3.05) is 19.8 Å². The molecule has 4 rings (SSSR count). The van der Waals surface area contributed by atoms with Crippen LogP contribution in [0.3, 0.4) is 0 Å². The molecular weight excluding hydrogens is 338 g/mol. The fourth-order valence-corrected chi connectivity index (χ4v) is 3.27. The van der Waals surface area contributed by atoms with Crippen LogP contribution >= 0.6 is 0 Å². The zero-order valence-corrected chi connectivity index (χ0v) is 15.9. The molecule has 1 fully saturated rings. The molecule has 2 heterocycles. The molecule has 1 saturated heterocycles. The molecule has 2 aromatic carbocycles. The Morgan fingerprint density at radius 3 is 2.59 bits per heavy atom. The summed E-state index contributed by atoms with van der Waals surface area (Å²) in [6.45, 7) is 5.97. The van der Waals surface area contributed by atoms with Crippen LogP contribution < -0.4 is 0 Å². The van der Waals surface area contributed by atoms with E-state index in [2.05, 4.69) is 56.3 Å². The highest BCUT2D eigenvalue weighted by Gasteiger charge is 2.24. The van der Waals surface area contributed by atoms with Gasteiger partial charge in [-0.05, 0) is 49.1 Å². The molecule has 0 amide bonds. The SMILES string of the molecule is Cc1ccc(-n2nc(CCc3ccccc3)nc2C2COCCO2)cc1C. The van der Waals surface area contributed by atoms with Crippen molar-refractivity contribution >= 4 is 0 Å². The first-order valence-corrected chi connectivity index (χ1v) is 9.47. The van der Waals surface area contributed by atoms with Crippen molar-refractivity contribution in [3.8, 4) is 5.69 Å². The lowest BCUT2D eigenvalue weighted by Crippen LogP contribution is -2.24. The summed E-state index contributed by atoms with van der Waals surface area (Å²) in [5.41, 5.74) is 4.81. The van der Waals surface area contributed by atoms with Gasteiger partial charge in [-0.15, -0.1) is 0 Å². The average molecular weight is 363 g/mol. The van der Waals surface area contributed by atoms with Gasteiger partial charge in [-0.25, -0.2) is 9.67 Å². The van der Waals surface area contributed by atoms with Gasteiger partial charge in [0.25, 0.3) is 0 Å². The van der Waals surface area contributed by atoms with Gasteiger partial charge in [-0.3, -0.25) is 0 Å². The van der Waals surface area contributed by atoms with Crippen LogP contribution in [-0.4, -0.2) is 34.6 Å². The molecule has 140 valence electrons. The molecule has 1 aliphatic heterocycles. The first kappa shape index (κ1) is 17.9. The molecule has 0 radical (unpaired) electrons. The standard InChI is InChI=1S/C22H25N3O2/c1-16-8-10-19(14-17(16)2)25-22(20-15-26-12-13-27-20)23-21(24-25)11-9-18-6-4-3-5-7-18/h3-8,10,14,20H,9,11-13,15H2,1-2H3. The molecule has 0 saturated carbocycles. The molecule has 5 heteroatoms. The predicted octanol–water partition coefficient (Wildman–Crippen LogP) is 3.76. The molecule has 0 aliphatic carbocycles. The summed E-state index contributed by atoms with van der Waals surface area (Å²) in [7, 11) is 0. The number of hydrogen-bond donors (Lipinski definition) is 0. The van der Waals surface area contributed by atoms with E-state index in [0.29, 0.717) is 19.8 Å². The zero-order valence-electron chi connectivity index (χ0n) is 15.9. The van der Waals surface area contributed by atoms with E-state index in [-0.39, 0.29) is 6.10 Å². The van der Waals surface area contributed by atoms with Crippen LogP contribution in [0.1, 0.15) is 34.4 Å². The maximum absolute atomic E-state index is 5.91. The van der Waals surface area contributed by atoms with Gasteiger partial charge >= 0.3 is 0 Å². The van der Waals surface area contributed by atoms with Crippen LogP contribution in [0.25, 0.3) is 5.69 Å². The van der Waals surface area contributed by atoms with Crippen LogP contribution in [0.15, 0.2) is 48.5 Å². The number of benzene rings is 2. The van der Waals surface area contributed by atoms with E-state index < -0.39 is 0 Å². The lowest BCUT2D eigenvalue weighted by molar-refractivity contribution is -0.0942. The minimum atomic E-state index is -0.182. The van der Waals surface area contributed by atoms with Gasteiger partial charge < -0.3 is 9.47 Å². The monoisotopic (exact) mass is 363 g/mol. The molecule has 0 N–H and O–H groups in total. The molecule has 3 aromatic rings. The molecule has 1 aromatic heterocycles. The van der Waals surface area contributed by atoms with Gasteiger partial charge in [-0.1, -0.05) is 36.4 Å². The van der Waals surface area contributed by atoms with Crippen molar-refractivity contribution in [3.63, 3.8) is 0 Å². The van der Waals surface area contributed by atoms with E-state index in [1.165, 1.54) is 16.7 Å². The number of hydrogen-bond acceptors (Lipinski definition) is 4. The van der Waals surface area contributed by atoms with Crippen molar-refractivity contribution < 1.29 is 9.47 Å². The second kappa shape index (κ2) is 8.03. The number of ether oxygens (including phenoxy) is 2. The Hall–Kier alpha value is -2.50. The predicted molar refractivity (Wildman–Crippen MR) is 104 cm³/mol. The third-order valence-corrected chi connectivity index (χ3v) is 5.00. The van der Waals surface area contributed by atoms with E-state index in [1.54, 1.807) is 0 Å². The van der Waals surface area contributed by atoms with Crippen molar-refractivity contribution in [2.45, 2.75) is 32.8 Å². The fourth-order valence-electron chi connectivity index (χ4n) is 3.27. The minimum Gasteiger partial charge on any atom is -0.376 e. The molecular formula is C22H25N3O2. The molecule has 0 bridgehead atoms. The Labute approximate surface area is 160 Å². The molecule has 5 nitrogen and oxygen atoms in total. The van der Waals surface area contributed by atoms with E-state index in [9.17, 15) is 0 Å². The Morgan fingerprint density at radius 1 is 1.00 bits per heavy atom. The fraction of sp³-hybridized carbons (Fsp3) is 0.364. The molecule has 1 aliphatic rings. The van der Waals surface area contributed by atoms with Crippen LogP contribution in [0.2, 0.25) is 0 Å². The summed E-state index contributed by atoms with van der Waals surface area (Å²) in [5.74, 6) is 1.65. The quantitative estimate of drug-likeness (QED) is 0.693. The summed E-state index contributed by atoms with van der Waals surface area (Å²) < 4.78 is 13.4. The Bertz CT molecular complexity index is 899. The third kappa shape index (κ3) is 4.10. The summed E-state index contributed by atoms with van der Waals surface area (Å²) in [5, 5.41) is 4.81. The second-order valence-corrected chi connectivity index (χ2v) is 6.99. The number of rotatable bonds is 5. The van der Waals surface area contributed by atoms with Crippen molar-refractivity contribution in [1.82, 2.24) is 14.8 Å². The summed E-state index contributed by atoms with van der Waals surface area (Å²) in [6, 6.07) is 16.8. The van der Waals surface area contributed by atoms with E-state index in [1.807, 2.05) is 10.7 Å². The molecule has 1 unspecified atom stereocenters. The smallest absolute Gasteiger partial charge is 0.163 e. The molecule has 0 spiro atoms. The first-order valence-electron chi connectivity index (χ1n) is 9.47. The lowest BCUT2D eigenvalue weighted by Gasteiger charge is -2.22. The van der Waals surface area contributed by atoms with Gasteiger partial charge in [0.2, 0.25) is 0 Å². The summed E-state index contributed by atoms with van der Waals surface area (Å²) >= 11 is 0. The largest absolute Gasteiger partial charge is 0.376 e. The van der Waals surface area contributed by atoms with Crippen LogP contribution in [-0.2, 0) is 22.3 Å². The average Bonchev–Trinajstić information content (AvgIpc) is 3.14. The van der Waals surface area contributed by atoms with Crippen LogP contribution in [0.5, 0.6) is 0 Å². The van der Waals surface area contributed by atoms with E-state index in [0.717, 1.165) is 30.2 Å². The lowest BCUT2D eigenvalue weighted by atomic mass is 10.1. The number of aryl methyl sites for hydroxylation is 4. The van der Waals surface area contributed by atoms with Crippen molar-refractivity contribution in [1.29, 1.82) is 0 Å². The van der Waals surface area contributed by atoms with Gasteiger partial charge in [0.15, 0.2) is 11.6 Å². The van der Waals surface area contributed by atoms with Gasteiger partial charge in [0.05, 0.1) is 25.5 Å². The van der Waals surface area contributed by atoms with Crippen LogP contribution in [0, 0.1) is 13.8 Å². The normalized spacial score (nSPS) is 17.2. The maximum Gasteiger partial charge on any atom is 0.163 e. The maximum atomic E-state index is 5.91. The summed E-state index contributed by atoms with van der Waals surface area (Å²) in [6.07, 6.45) is 1.53. The third-order valence-electron chi connectivity index (χ3n) is 5.00. The highest BCUT2D eigenvalue weighted by molar-refractivity contribution is 5.40. The second-order valence-electron chi connectivity index (χ2n) is 6.99. The van der Waals surface area contributed by atoms with E-state index in [4.69, 9.17) is 19.6 Å². The highest BCUT2D eigenvalue weighted by Crippen LogP contribution is 2.24. The van der Waals surface area contributed by atoms with E-state index >= 15 is 0 Å². The first-order chi connectivity index (χ1) is 13.2. The molecule has 1 atom stereocenters. The number of nitrogens with zero attached hydrogens (tertiary/aromatic N) is 3. The number of aromatic nitrogens is 3. The Morgan fingerprint density at radius 2 is 1.85 bits per heavy atom. The topological polar surface area (TPSA) is 49.2 Å². The van der Waals surface area contributed by atoms with Crippen LogP contribution in [0.4, 0.5) is 0 Å².